The molecule has 0 fully saturated rings. The van der Waals surface area contributed by atoms with Crippen molar-refractivity contribution >= 4 is 35.2 Å². The van der Waals surface area contributed by atoms with Crippen LogP contribution in [0.4, 0.5) is 14.9 Å². The predicted molar refractivity (Wildman–Crippen MR) is 99.5 cm³/mol. The number of urea groups is 1. The predicted octanol–water partition coefficient (Wildman–Crippen LogP) is 4.40. The second-order valence-electron chi connectivity index (χ2n) is 6.61. The second kappa shape index (κ2) is 8.18. The van der Waals surface area contributed by atoms with E-state index in [1.807, 2.05) is 5.32 Å². The number of hydrogen-bond donors (Lipinski definition) is 2. The van der Waals surface area contributed by atoms with E-state index in [0.717, 1.165) is 12.1 Å². The number of carbonyl (C=O) groups is 3. The van der Waals surface area contributed by atoms with Gasteiger partial charge in [0.2, 0.25) is 0 Å². The van der Waals surface area contributed by atoms with Gasteiger partial charge >= 0.3 is 12.0 Å². The van der Waals surface area contributed by atoms with Gasteiger partial charge in [0.05, 0.1) is 16.1 Å². The molecule has 0 radical (unpaired) electrons. The van der Waals surface area contributed by atoms with Crippen molar-refractivity contribution in [3.05, 3.63) is 64.4 Å². The van der Waals surface area contributed by atoms with Gasteiger partial charge in [-0.2, -0.15) is 0 Å². The third-order valence-corrected chi connectivity index (χ3v) is 3.51. The molecule has 0 heterocycles. The third-order valence-electron chi connectivity index (χ3n) is 3.18. The van der Waals surface area contributed by atoms with Crippen molar-refractivity contribution in [1.29, 1.82) is 0 Å². The summed E-state index contributed by atoms with van der Waals surface area (Å²) in [5.41, 5.74) is -0.115. The molecular formula is C19H18ClFN2O4. The fourth-order valence-corrected chi connectivity index (χ4v) is 2.23. The number of esters is 1. The van der Waals surface area contributed by atoms with Crippen LogP contribution in [0, 0.1) is 5.82 Å². The lowest BCUT2D eigenvalue weighted by atomic mass is 10.1. The molecule has 0 saturated carbocycles. The van der Waals surface area contributed by atoms with Crippen molar-refractivity contribution in [3.8, 4) is 0 Å². The number of hydrogen-bond acceptors (Lipinski definition) is 4. The lowest BCUT2D eigenvalue weighted by Gasteiger charge is -2.19. The first-order chi connectivity index (χ1) is 12.5. The summed E-state index contributed by atoms with van der Waals surface area (Å²) in [6.45, 7) is 5.27. The zero-order chi connectivity index (χ0) is 20.2. The number of imide groups is 1. The molecule has 27 heavy (non-hydrogen) atoms. The number of nitrogens with one attached hydrogen (secondary N) is 2. The van der Waals surface area contributed by atoms with Crippen molar-refractivity contribution in [2.45, 2.75) is 26.4 Å². The van der Waals surface area contributed by atoms with E-state index in [-0.39, 0.29) is 10.6 Å². The highest BCUT2D eigenvalue weighted by molar-refractivity contribution is 6.34. The first-order valence-corrected chi connectivity index (χ1v) is 8.34. The largest absolute Gasteiger partial charge is 0.456 e. The quantitative estimate of drug-likeness (QED) is 0.758. The van der Waals surface area contributed by atoms with Crippen molar-refractivity contribution in [2.75, 3.05) is 5.32 Å². The Labute approximate surface area is 160 Å². The van der Waals surface area contributed by atoms with Crippen LogP contribution in [0.25, 0.3) is 0 Å². The van der Waals surface area contributed by atoms with Crippen LogP contribution in [0.2, 0.25) is 5.02 Å². The fraction of sp³-hybridized carbons (Fsp3) is 0.211. The van der Waals surface area contributed by atoms with Crippen LogP contribution in [0.1, 0.15) is 41.5 Å². The molecule has 6 nitrogen and oxygen atoms in total. The van der Waals surface area contributed by atoms with Gasteiger partial charge in [0.1, 0.15) is 11.4 Å². The summed E-state index contributed by atoms with van der Waals surface area (Å²) in [5.74, 6) is -1.99. The molecule has 0 aliphatic heterocycles. The Morgan fingerprint density at radius 3 is 2.26 bits per heavy atom. The number of rotatable bonds is 3. The molecule has 142 valence electrons. The number of halogens is 2. The monoisotopic (exact) mass is 392 g/mol. The van der Waals surface area contributed by atoms with Crippen LogP contribution < -0.4 is 10.6 Å². The average Bonchev–Trinajstić information content (AvgIpc) is 2.56. The molecule has 3 amide bonds. The Kier molecular flexibility index (Phi) is 6.17. The molecule has 0 bridgehead atoms. The zero-order valence-electron chi connectivity index (χ0n) is 14.9. The van der Waals surface area contributed by atoms with Crippen LogP contribution in [-0.2, 0) is 4.74 Å². The van der Waals surface area contributed by atoms with Gasteiger partial charge in [-0.05, 0) is 63.2 Å². The number of ether oxygens (including phenoxy) is 1. The van der Waals surface area contributed by atoms with Gasteiger partial charge in [-0.15, -0.1) is 0 Å². The van der Waals surface area contributed by atoms with Crippen LogP contribution >= 0.6 is 11.6 Å². The van der Waals surface area contributed by atoms with Gasteiger partial charge in [0.25, 0.3) is 5.91 Å². The fourth-order valence-electron chi connectivity index (χ4n) is 2.03. The number of amides is 3. The maximum atomic E-state index is 13.2. The summed E-state index contributed by atoms with van der Waals surface area (Å²) in [6.07, 6.45) is 0. The molecule has 8 heteroatoms. The van der Waals surface area contributed by atoms with Gasteiger partial charge in [-0.3, -0.25) is 10.1 Å². The van der Waals surface area contributed by atoms with E-state index in [1.54, 1.807) is 20.8 Å². The molecule has 0 aromatic heterocycles. The SMILES string of the molecule is CC(C)(C)OC(=O)c1ccc(NC(=O)NC(=O)c2cc(F)ccc2Cl)cc1. The van der Waals surface area contributed by atoms with Crippen molar-refractivity contribution < 1.29 is 23.5 Å². The summed E-state index contributed by atoms with van der Waals surface area (Å²) < 4.78 is 18.5. The van der Waals surface area contributed by atoms with Gasteiger partial charge in [-0.25, -0.2) is 14.0 Å². The average molecular weight is 393 g/mol. The Morgan fingerprint density at radius 1 is 1.04 bits per heavy atom. The molecule has 2 rings (SSSR count). The molecule has 2 N–H and O–H groups in total. The van der Waals surface area contributed by atoms with Gasteiger partial charge in [0.15, 0.2) is 0 Å². The highest BCUT2D eigenvalue weighted by Gasteiger charge is 2.18. The van der Waals surface area contributed by atoms with Crippen LogP contribution in [0.15, 0.2) is 42.5 Å². The van der Waals surface area contributed by atoms with E-state index in [4.69, 9.17) is 16.3 Å². The summed E-state index contributed by atoms with van der Waals surface area (Å²) in [6, 6.07) is 8.36. The van der Waals surface area contributed by atoms with Gasteiger partial charge in [0, 0.05) is 5.69 Å². The summed E-state index contributed by atoms with van der Waals surface area (Å²) in [5, 5.41) is 4.50. The molecule has 2 aromatic rings. The van der Waals surface area contributed by atoms with Crippen molar-refractivity contribution in [1.82, 2.24) is 5.32 Å². The van der Waals surface area contributed by atoms with Crippen molar-refractivity contribution in [3.63, 3.8) is 0 Å². The maximum Gasteiger partial charge on any atom is 0.338 e. The van der Waals surface area contributed by atoms with E-state index in [2.05, 4.69) is 5.32 Å². The maximum absolute atomic E-state index is 13.2. The molecule has 0 aliphatic rings. The summed E-state index contributed by atoms with van der Waals surface area (Å²) in [7, 11) is 0. The minimum absolute atomic E-state index is 0.0170. The lowest BCUT2D eigenvalue weighted by Crippen LogP contribution is -2.34. The first kappa shape index (κ1) is 20.4. The minimum atomic E-state index is -0.845. The molecule has 0 unspecified atom stereocenters. The first-order valence-electron chi connectivity index (χ1n) is 7.96. The standard InChI is InChI=1S/C19H18ClFN2O4/c1-19(2,3)27-17(25)11-4-7-13(8-5-11)22-18(26)23-16(24)14-10-12(21)6-9-15(14)20/h4-10H,1-3H3,(H2,22,23,24,26). The molecular weight excluding hydrogens is 375 g/mol. The van der Waals surface area contributed by atoms with Crippen molar-refractivity contribution in [2.24, 2.45) is 0 Å². The highest BCUT2D eigenvalue weighted by Crippen LogP contribution is 2.17. The molecule has 2 aromatic carbocycles. The summed E-state index contributed by atoms with van der Waals surface area (Å²) >= 11 is 5.82. The minimum Gasteiger partial charge on any atom is -0.456 e. The third kappa shape index (κ3) is 6.07. The lowest BCUT2D eigenvalue weighted by molar-refractivity contribution is 0.00694. The van der Waals surface area contributed by atoms with Crippen LogP contribution in [0.5, 0.6) is 0 Å². The highest BCUT2D eigenvalue weighted by atomic mass is 35.5. The number of benzene rings is 2. The zero-order valence-corrected chi connectivity index (χ0v) is 15.7. The molecule has 0 spiro atoms. The van der Waals surface area contributed by atoms with Gasteiger partial charge in [-0.1, -0.05) is 11.6 Å². The van der Waals surface area contributed by atoms with E-state index < -0.39 is 29.3 Å². The van der Waals surface area contributed by atoms with E-state index in [1.165, 1.54) is 30.3 Å². The normalized spacial score (nSPS) is 10.9. The smallest absolute Gasteiger partial charge is 0.338 e. The Hall–Kier alpha value is -2.93. The molecule has 0 atom stereocenters. The topological polar surface area (TPSA) is 84.5 Å². The van der Waals surface area contributed by atoms with E-state index in [0.29, 0.717) is 11.3 Å². The summed E-state index contributed by atoms with van der Waals surface area (Å²) in [4.78, 5) is 35.9. The molecule has 0 aliphatic carbocycles. The van der Waals surface area contributed by atoms with Crippen LogP contribution in [0.3, 0.4) is 0 Å². The Morgan fingerprint density at radius 2 is 1.67 bits per heavy atom. The second-order valence-corrected chi connectivity index (χ2v) is 7.02. The Balaban J connectivity index is 1.98. The number of anilines is 1. The van der Waals surface area contributed by atoms with E-state index >= 15 is 0 Å². The van der Waals surface area contributed by atoms with Gasteiger partial charge < -0.3 is 10.1 Å². The van der Waals surface area contributed by atoms with Crippen LogP contribution in [-0.4, -0.2) is 23.5 Å². The Bertz CT molecular complexity index is 876. The number of carbonyl (C=O) groups excluding carboxylic acids is 3. The molecule has 0 saturated heterocycles. The van der Waals surface area contributed by atoms with E-state index in [9.17, 15) is 18.8 Å².